The van der Waals surface area contributed by atoms with Crippen molar-refractivity contribution in [3.05, 3.63) is 52.5 Å². The lowest BCUT2D eigenvalue weighted by Crippen LogP contribution is -2.47. The molecule has 0 radical (unpaired) electrons. The van der Waals surface area contributed by atoms with Crippen molar-refractivity contribution in [2.45, 2.75) is 4.87 Å². The third kappa shape index (κ3) is 2.08. The second-order valence-electron chi connectivity index (χ2n) is 5.50. The average molecular weight is 405 g/mol. The molecule has 2 aromatic rings. The average Bonchev–Trinajstić information content (AvgIpc) is 3.07. The number of ether oxygens (including phenoxy) is 1. The fourth-order valence-corrected chi connectivity index (χ4v) is 4.79. The maximum absolute atomic E-state index is 12.9. The number of hydrogen-bond donors (Lipinski definition) is 1. The molecular formula is C17H13BrN2O3S. The zero-order valence-electron chi connectivity index (χ0n) is 12.7. The summed E-state index contributed by atoms with van der Waals surface area (Å²) in [6, 6.07) is 12.8. The number of halogens is 1. The summed E-state index contributed by atoms with van der Waals surface area (Å²) < 4.78 is 6.04. The van der Waals surface area contributed by atoms with Gasteiger partial charge < -0.3 is 10.1 Å². The highest BCUT2D eigenvalue weighted by atomic mass is 79.9. The predicted octanol–water partition coefficient (Wildman–Crippen LogP) is 3.34. The first kappa shape index (κ1) is 15.5. The Morgan fingerprint density at radius 2 is 1.96 bits per heavy atom. The minimum atomic E-state index is -1.06. The Kier molecular flexibility index (Phi) is 3.58. The molecule has 24 heavy (non-hydrogen) atoms. The van der Waals surface area contributed by atoms with Gasteiger partial charge in [-0.1, -0.05) is 15.9 Å². The van der Waals surface area contributed by atoms with Crippen molar-refractivity contribution in [2.24, 2.45) is 0 Å². The molecule has 7 heteroatoms. The van der Waals surface area contributed by atoms with Gasteiger partial charge in [0.2, 0.25) is 10.8 Å². The lowest BCUT2D eigenvalue weighted by atomic mass is 10.0. The first-order chi connectivity index (χ1) is 11.6. The van der Waals surface area contributed by atoms with E-state index in [1.165, 1.54) is 11.8 Å². The van der Waals surface area contributed by atoms with Gasteiger partial charge >= 0.3 is 0 Å². The van der Waals surface area contributed by atoms with Gasteiger partial charge in [-0.3, -0.25) is 14.5 Å². The molecule has 0 saturated carbocycles. The van der Waals surface area contributed by atoms with Crippen molar-refractivity contribution >= 4 is 50.9 Å². The van der Waals surface area contributed by atoms with Crippen LogP contribution in [-0.4, -0.2) is 24.7 Å². The molecule has 0 bridgehead atoms. The summed E-state index contributed by atoms with van der Waals surface area (Å²) in [5, 5.41) is 2.90. The van der Waals surface area contributed by atoms with Gasteiger partial charge in [0.15, 0.2) is 0 Å². The van der Waals surface area contributed by atoms with E-state index < -0.39 is 4.87 Å². The first-order valence-electron chi connectivity index (χ1n) is 7.29. The number of anilines is 2. The van der Waals surface area contributed by atoms with Crippen LogP contribution in [0.5, 0.6) is 5.75 Å². The van der Waals surface area contributed by atoms with Crippen molar-refractivity contribution < 1.29 is 14.3 Å². The van der Waals surface area contributed by atoms with Crippen LogP contribution < -0.4 is 15.0 Å². The Hall–Kier alpha value is -1.99. The number of amides is 2. The molecule has 1 atom stereocenters. The van der Waals surface area contributed by atoms with Crippen LogP contribution >= 0.6 is 27.7 Å². The van der Waals surface area contributed by atoms with E-state index in [0.29, 0.717) is 11.4 Å². The number of nitrogens with one attached hydrogen (secondary N) is 1. The van der Waals surface area contributed by atoms with Gasteiger partial charge in [-0.2, -0.15) is 0 Å². The zero-order valence-corrected chi connectivity index (χ0v) is 15.1. The summed E-state index contributed by atoms with van der Waals surface area (Å²) in [6.07, 6.45) is 0. The normalized spacial score (nSPS) is 22.0. The van der Waals surface area contributed by atoms with Gasteiger partial charge in [-0.15, -0.1) is 11.8 Å². The van der Waals surface area contributed by atoms with Gasteiger partial charge in [-0.05, 0) is 42.5 Å². The summed E-state index contributed by atoms with van der Waals surface area (Å²) in [5.41, 5.74) is 2.21. The summed E-state index contributed by atoms with van der Waals surface area (Å²) >= 11 is 4.80. The highest BCUT2D eigenvalue weighted by Crippen LogP contribution is 2.54. The molecule has 2 heterocycles. The molecule has 0 aliphatic carbocycles. The second kappa shape index (κ2) is 5.53. The maximum atomic E-state index is 12.9. The molecule has 4 rings (SSSR count). The molecule has 0 aromatic heterocycles. The molecule has 1 spiro atoms. The van der Waals surface area contributed by atoms with E-state index in [2.05, 4.69) is 21.2 Å². The Morgan fingerprint density at radius 3 is 2.67 bits per heavy atom. The second-order valence-corrected chi connectivity index (χ2v) is 7.59. The van der Waals surface area contributed by atoms with Gasteiger partial charge in [0.05, 0.1) is 12.9 Å². The number of thioether (sulfide) groups is 1. The number of methoxy groups -OCH3 is 1. The van der Waals surface area contributed by atoms with Crippen molar-refractivity contribution in [3.8, 4) is 5.75 Å². The highest BCUT2D eigenvalue weighted by Gasteiger charge is 2.58. The lowest BCUT2D eigenvalue weighted by molar-refractivity contribution is -0.122. The monoisotopic (exact) mass is 404 g/mol. The van der Waals surface area contributed by atoms with E-state index in [-0.39, 0.29) is 17.6 Å². The van der Waals surface area contributed by atoms with Crippen LogP contribution in [0, 0.1) is 0 Å². The quantitative estimate of drug-likeness (QED) is 0.833. The van der Waals surface area contributed by atoms with E-state index >= 15 is 0 Å². The van der Waals surface area contributed by atoms with E-state index in [1.807, 2.05) is 18.2 Å². The van der Waals surface area contributed by atoms with E-state index in [9.17, 15) is 9.59 Å². The SMILES string of the molecule is COc1ccc(N2C(=O)CS[C@]23C(=O)Nc2ccc(Br)cc23)cc1. The summed E-state index contributed by atoms with van der Waals surface area (Å²) in [7, 11) is 1.59. The molecule has 1 fully saturated rings. The molecular weight excluding hydrogens is 392 g/mol. The van der Waals surface area contributed by atoms with Crippen LogP contribution in [0.3, 0.4) is 0 Å². The first-order valence-corrected chi connectivity index (χ1v) is 9.06. The number of nitrogens with zero attached hydrogens (tertiary/aromatic N) is 1. The van der Waals surface area contributed by atoms with Crippen LogP contribution in [0.15, 0.2) is 46.9 Å². The fraction of sp³-hybridized carbons (Fsp3) is 0.176. The Bertz CT molecular complexity index is 855. The highest BCUT2D eigenvalue weighted by molar-refractivity contribution is 9.10. The van der Waals surface area contributed by atoms with E-state index in [0.717, 1.165) is 15.7 Å². The molecule has 5 nitrogen and oxygen atoms in total. The topological polar surface area (TPSA) is 58.6 Å². The summed E-state index contributed by atoms with van der Waals surface area (Å²) in [6.45, 7) is 0. The third-order valence-corrected chi connectivity index (χ3v) is 6.09. The van der Waals surface area contributed by atoms with Gasteiger partial charge in [0, 0.05) is 21.4 Å². The number of carbonyl (C=O) groups excluding carboxylic acids is 2. The van der Waals surface area contributed by atoms with Crippen molar-refractivity contribution in [1.82, 2.24) is 0 Å². The molecule has 1 N–H and O–H groups in total. The van der Waals surface area contributed by atoms with Gasteiger partial charge in [0.1, 0.15) is 5.75 Å². The van der Waals surface area contributed by atoms with Crippen molar-refractivity contribution in [3.63, 3.8) is 0 Å². The van der Waals surface area contributed by atoms with Crippen LogP contribution in [0.25, 0.3) is 0 Å². The van der Waals surface area contributed by atoms with Crippen LogP contribution in [0.4, 0.5) is 11.4 Å². The van der Waals surface area contributed by atoms with Crippen LogP contribution in [-0.2, 0) is 14.5 Å². The van der Waals surface area contributed by atoms with Crippen molar-refractivity contribution in [2.75, 3.05) is 23.1 Å². The largest absolute Gasteiger partial charge is 0.497 e. The van der Waals surface area contributed by atoms with E-state index in [4.69, 9.17) is 4.74 Å². The molecule has 0 unspecified atom stereocenters. The lowest BCUT2D eigenvalue weighted by Gasteiger charge is -2.32. The number of fused-ring (bicyclic) bond motifs is 2. The number of carbonyl (C=O) groups is 2. The molecule has 1 saturated heterocycles. The van der Waals surface area contributed by atoms with Crippen LogP contribution in [0.2, 0.25) is 0 Å². The third-order valence-electron chi connectivity index (χ3n) is 4.20. The summed E-state index contributed by atoms with van der Waals surface area (Å²) in [4.78, 5) is 26.0. The standard InChI is InChI=1S/C17H13BrN2O3S/c1-23-12-5-3-11(4-6-12)20-15(21)9-24-17(20)13-8-10(18)2-7-14(13)19-16(17)22/h2-8H,9H2,1H3,(H,19,22)/t17-/m1/s1. The van der Waals surface area contributed by atoms with Gasteiger partial charge in [-0.25, -0.2) is 0 Å². The van der Waals surface area contributed by atoms with Crippen LogP contribution in [0.1, 0.15) is 5.56 Å². The number of benzene rings is 2. The Labute approximate surface area is 151 Å². The molecule has 122 valence electrons. The van der Waals surface area contributed by atoms with E-state index in [1.54, 1.807) is 36.3 Å². The summed E-state index contributed by atoms with van der Waals surface area (Å²) in [5.74, 6) is 0.673. The molecule has 2 aromatic carbocycles. The smallest absolute Gasteiger partial charge is 0.266 e. The fourth-order valence-electron chi connectivity index (χ4n) is 3.13. The predicted molar refractivity (Wildman–Crippen MR) is 97.4 cm³/mol. The van der Waals surface area contributed by atoms with Gasteiger partial charge in [0.25, 0.3) is 5.91 Å². The minimum Gasteiger partial charge on any atom is -0.497 e. The minimum absolute atomic E-state index is 0.0897. The molecule has 2 amide bonds. The number of hydrogen-bond acceptors (Lipinski definition) is 4. The number of rotatable bonds is 2. The van der Waals surface area contributed by atoms with Crippen molar-refractivity contribution in [1.29, 1.82) is 0 Å². The molecule has 2 aliphatic rings. The maximum Gasteiger partial charge on any atom is 0.266 e. The molecule has 2 aliphatic heterocycles. The Balaban J connectivity index is 1.88. The zero-order chi connectivity index (χ0) is 16.9. The Morgan fingerprint density at radius 1 is 1.21 bits per heavy atom.